The van der Waals surface area contributed by atoms with Crippen LogP contribution in [0.3, 0.4) is 0 Å². The molecule has 0 aromatic carbocycles. The van der Waals surface area contributed by atoms with Gasteiger partial charge in [0.25, 0.3) is 0 Å². The van der Waals surface area contributed by atoms with Gasteiger partial charge in [-0.3, -0.25) is 14.4 Å². The Kier molecular flexibility index (Phi) is 13.4. The summed E-state index contributed by atoms with van der Waals surface area (Å²) in [5, 5.41) is 52.1. The average Bonchev–Trinajstić information content (AvgIpc) is 3.14. The third kappa shape index (κ3) is 9.55. The molecule has 0 bridgehead atoms. The van der Waals surface area contributed by atoms with E-state index < -0.39 is 92.5 Å². The zero-order valence-corrected chi connectivity index (χ0v) is 24.5. The Bertz CT molecular complexity index is 863. The lowest BCUT2D eigenvalue weighted by atomic mass is 9.98. The van der Waals surface area contributed by atoms with Gasteiger partial charge in [0.05, 0.1) is 6.61 Å². The van der Waals surface area contributed by atoms with E-state index >= 15 is 0 Å². The SMILES string of the molecule is CC(C)CC(=O)OC[C@H]1O[C@H](O[C@@]2(CO)O[C@@H](CO)[C@@H](OC(=O)CC(C)C)[C@@H]2OC(=O)CC(C)C)[C@H](O)[C@@H](O)[C@@H]1O. The number of aliphatic hydroxyl groups excluding tert-OH is 5. The minimum absolute atomic E-state index is 0.0000313. The van der Waals surface area contributed by atoms with Gasteiger partial charge in [-0.15, -0.1) is 0 Å². The summed E-state index contributed by atoms with van der Waals surface area (Å²) in [6, 6.07) is 0. The molecule has 0 amide bonds. The van der Waals surface area contributed by atoms with Crippen molar-refractivity contribution in [3.05, 3.63) is 0 Å². The van der Waals surface area contributed by atoms with Crippen LogP contribution in [0, 0.1) is 17.8 Å². The van der Waals surface area contributed by atoms with Gasteiger partial charge in [-0.1, -0.05) is 41.5 Å². The summed E-state index contributed by atoms with van der Waals surface area (Å²) in [6.45, 7) is 8.48. The van der Waals surface area contributed by atoms with Crippen molar-refractivity contribution < 1.29 is 68.3 Å². The Morgan fingerprint density at radius 1 is 0.756 bits per heavy atom. The van der Waals surface area contributed by atoms with Crippen LogP contribution in [-0.4, -0.2) is 118 Å². The fourth-order valence-corrected chi connectivity index (χ4v) is 4.50. The van der Waals surface area contributed by atoms with Crippen LogP contribution in [-0.2, 0) is 42.8 Å². The second-order valence-corrected chi connectivity index (χ2v) is 11.8. The molecule has 0 aromatic heterocycles. The van der Waals surface area contributed by atoms with Crippen LogP contribution in [0.2, 0.25) is 0 Å². The van der Waals surface area contributed by atoms with Crippen LogP contribution in [0.4, 0.5) is 0 Å². The van der Waals surface area contributed by atoms with Crippen LogP contribution in [0.25, 0.3) is 0 Å². The number of esters is 3. The quantitative estimate of drug-likeness (QED) is 0.126. The molecule has 2 saturated heterocycles. The van der Waals surface area contributed by atoms with Gasteiger partial charge < -0.3 is 54.0 Å². The molecule has 0 unspecified atom stereocenters. The van der Waals surface area contributed by atoms with Gasteiger partial charge >= 0.3 is 17.9 Å². The Morgan fingerprint density at radius 2 is 1.29 bits per heavy atom. The maximum atomic E-state index is 12.7. The molecule has 2 heterocycles. The molecule has 41 heavy (non-hydrogen) atoms. The molecule has 14 heteroatoms. The van der Waals surface area contributed by atoms with Crippen molar-refractivity contribution in [2.45, 2.75) is 116 Å². The molecule has 238 valence electrons. The fourth-order valence-electron chi connectivity index (χ4n) is 4.50. The molecule has 2 aliphatic heterocycles. The molecule has 2 rings (SSSR count). The van der Waals surface area contributed by atoms with Crippen LogP contribution >= 0.6 is 0 Å². The number of ether oxygens (including phenoxy) is 6. The molecular formula is C27H46O14. The van der Waals surface area contributed by atoms with Gasteiger partial charge in [0, 0.05) is 19.3 Å². The van der Waals surface area contributed by atoms with Crippen molar-refractivity contribution in [2.24, 2.45) is 17.8 Å². The Morgan fingerprint density at radius 3 is 1.80 bits per heavy atom. The Labute approximate surface area is 239 Å². The third-order valence-electron chi connectivity index (χ3n) is 6.49. The predicted molar refractivity (Wildman–Crippen MR) is 139 cm³/mol. The molecule has 0 saturated carbocycles. The maximum Gasteiger partial charge on any atom is 0.306 e. The van der Waals surface area contributed by atoms with Crippen molar-refractivity contribution in [2.75, 3.05) is 19.8 Å². The molecular weight excluding hydrogens is 548 g/mol. The largest absolute Gasteiger partial charge is 0.463 e. The molecule has 2 aliphatic rings. The molecule has 0 aliphatic carbocycles. The van der Waals surface area contributed by atoms with Gasteiger partial charge in [-0.05, 0) is 17.8 Å². The minimum atomic E-state index is -2.34. The highest BCUT2D eigenvalue weighted by Gasteiger charge is 2.62. The molecule has 0 spiro atoms. The van der Waals surface area contributed by atoms with Crippen molar-refractivity contribution in [3.63, 3.8) is 0 Å². The summed E-state index contributed by atoms with van der Waals surface area (Å²) in [7, 11) is 0. The van der Waals surface area contributed by atoms with E-state index in [0.717, 1.165) is 0 Å². The lowest BCUT2D eigenvalue weighted by Gasteiger charge is -2.43. The van der Waals surface area contributed by atoms with Crippen molar-refractivity contribution in [3.8, 4) is 0 Å². The lowest BCUT2D eigenvalue weighted by molar-refractivity contribution is -0.384. The maximum absolute atomic E-state index is 12.7. The van der Waals surface area contributed by atoms with E-state index in [-0.39, 0.29) is 37.0 Å². The summed E-state index contributed by atoms with van der Waals surface area (Å²) in [5.74, 6) is -4.53. The van der Waals surface area contributed by atoms with Crippen molar-refractivity contribution in [1.29, 1.82) is 0 Å². The van der Waals surface area contributed by atoms with Gasteiger partial charge in [0.1, 0.15) is 43.7 Å². The zero-order chi connectivity index (χ0) is 31.1. The van der Waals surface area contributed by atoms with Crippen LogP contribution in [0.1, 0.15) is 60.8 Å². The second-order valence-electron chi connectivity index (χ2n) is 11.8. The molecule has 9 atom stereocenters. The molecule has 0 radical (unpaired) electrons. The van der Waals surface area contributed by atoms with E-state index in [0.29, 0.717) is 0 Å². The standard InChI is InChI=1S/C27H46O14/c1-13(2)7-18(30)36-11-17-21(33)22(34)23(35)26(37-17)41-27(12-29)25(39-20(32)9-15(5)6)24(16(10-28)40-27)38-19(31)8-14(3)4/h13-17,21-26,28-29,33-35H,7-12H2,1-6H3/t16-,17+,21+,22-,23+,24+,25-,26+,27+/m0/s1. The van der Waals surface area contributed by atoms with E-state index in [9.17, 15) is 39.9 Å². The molecule has 14 nitrogen and oxygen atoms in total. The third-order valence-corrected chi connectivity index (χ3v) is 6.49. The summed E-state index contributed by atoms with van der Waals surface area (Å²) in [5.41, 5.74) is 0. The van der Waals surface area contributed by atoms with Gasteiger partial charge in [0.15, 0.2) is 18.5 Å². The average molecular weight is 595 g/mol. The normalized spacial score (nSPS) is 33.8. The number of hydrogen-bond donors (Lipinski definition) is 5. The topological polar surface area (TPSA) is 208 Å². The lowest BCUT2D eigenvalue weighted by Crippen LogP contribution is -2.63. The second kappa shape index (κ2) is 15.5. The summed E-state index contributed by atoms with van der Waals surface area (Å²) in [6.07, 6.45) is -12.9. The highest BCUT2D eigenvalue weighted by molar-refractivity contribution is 5.71. The first-order valence-corrected chi connectivity index (χ1v) is 14.0. The first-order valence-electron chi connectivity index (χ1n) is 14.0. The van der Waals surface area contributed by atoms with Gasteiger partial charge in [-0.2, -0.15) is 0 Å². The van der Waals surface area contributed by atoms with Crippen LogP contribution in [0.15, 0.2) is 0 Å². The van der Waals surface area contributed by atoms with Crippen LogP contribution in [0.5, 0.6) is 0 Å². The minimum Gasteiger partial charge on any atom is -0.463 e. The first-order chi connectivity index (χ1) is 19.1. The predicted octanol–water partition coefficient (Wildman–Crippen LogP) is -0.605. The van der Waals surface area contributed by atoms with Crippen molar-refractivity contribution in [1.82, 2.24) is 0 Å². The molecule has 2 fully saturated rings. The van der Waals surface area contributed by atoms with Gasteiger partial charge in [0.2, 0.25) is 5.79 Å². The van der Waals surface area contributed by atoms with E-state index in [1.165, 1.54) is 0 Å². The number of rotatable bonds is 14. The highest BCUT2D eigenvalue weighted by Crippen LogP contribution is 2.39. The summed E-state index contributed by atoms with van der Waals surface area (Å²) < 4.78 is 33.5. The first kappa shape index (κ1) is 35.3. The van der Waals surface area contributed by atoms with Gasteiger partial charge in [-0.25, -0.2) is 0 Å². The van der Waals surface area contributed by atoms with E-state index in [4.69, 9.17) is 28.4 Å². The fraction of sp³-hybridized carbons (Fsp3) is 0.889. The zero-order valence-electron chi connectivity index (χ0n) is 24.5. The highest BCUT2D eigenvalue weighted by atomic mass is 16.8. The van der Waals surface area contributed by atoms with E-state index in [1.807, 2.05) is 13.8 Å². The summed E-state index contributed by atoms with van der Waals surface area (Å²) >= 11 is 0. The number of aliphatic hydroxyl groups is 5. The number of carbonyl (C=O) groups is 3. The number of carbonyl (C=O) groups excluding carboxylic acids is 3. The van der Waals surface area contributed by atoms with Crippen molar-refractivity contribution >= 4 is 17.9 Å². The van der Waals surface area contributed by atoms with E-state index in [1.54, 1.807) is 27.7 Å². The Balaban J connectivity index is 2.36. The number of hydrogen-bond acceptors (Lipinski definition) is 14. The van der Waals surface area contributed by atoms with Crippen LogP contribution < -0.4 is 0 Å². The summed E-state index contributed by atoms with van der Waals surface area (Å²) in [4.78, 5) is 37.3. The monoisotopic (exact) mass is 594 g/mol. The smallest absolute Gasteiger partial charge is 0.306 e. The molecule has 0 aromatic rings. The van der Waals surface area contributed by atoms with E-state index in [2.05, 4.69) is 0 Å². The Hall–Kier alpha value is -1.91. The molecule has 5 N–H and O–H groups in total.